The van der Waals surface area contributed by atoms with Crippen LogP contribution < -0.4 is 0 Å². The zero-order valence-electron chi connectivity index (χ0n) is 14.5. The first-order chi connectivity index (χ1) is 11.4. The summed E-state index contributed by atoms with van der Waals surface area (Å²) in [5, 5.41) is 1.72. The van der Waals surface area contributed by atoms with Gasteiger partial charge in [-0.3, -0.25) is 4.79 Å². The first kappa shape index (κ1) is 16.0. The minimum absolute atomic E-state index is 0.0800. The maximum Gasteiger partial charge on any atom is 0.270 e. The van der Waals surface area contributed by atoms with Gasteiger partial charge in [0.05, 0.1) is 0 Å². The molecule has 1 N–H and O–H groups in total. The number of benzene rings is 1. The number of rotatable bonds is 1. The van der Waals surface area contributed by atoms with Crippen molar-refractivity contribution in [2.45, 2.75) is 57.9 Å². The van der Waals surface area contributed by atoms with Crippen LogP contribution in [0.2, 0.25) is 5.02 Å². The Balaban J connectivity index is 1.64. The molecule has 4 heteroatoms. The average Bonchev–Trinajstić information content (AvgIpc) is 3.05. The van der Waals surface area contributed by atoms with Crippen molar-refractivity contribution >= 4 is 28.4 Å². The highest BCUT2D eigenvalue weighted by molar-refractivity contribution is 6.31. The monoisotopic (exact) mass is 344 g/mol. The average molecular weight is 345 g/mol. The van der Waals surface area contributed by atoms with Gasteiger partial charge in [0.1, 0.15) is 5.69 Å². The van der Waals surface area contributed by atoms with Crippen molar-refractivity contribution in [2.24, 2.45) is 5.41 Å². The van der Waals surface area contributed by atoms with Crippen LogP contribution in [0.15, 0.2) is 24.3 Å². The van der Waals surface area contributed by atoms with Gasteiger partial charge in [0.15, 0.2) is 0 Å². The van der Waals surface area contributed by atoms with Crippen LogP contribution in [0.1, 0.15) is 62.9 Å². The number of aromatic nitrogens is 1. The zero-order valence-corrected chi connectivity index (χ0v) is 15.2. The van der Waals surface area contributed by atoms with Gasteiger partial charge in [0.2, 0.25) is 0 Å². The molecule has 1 saturated carbocycles. The van der Waals surface area contributed by atoms with Gasteiger partial charge in [-0.25, -0.2) is 0 Å². The lowest BCUT2D eigenvalue weighted by atomic mass is 9.71. The molecule has 2 fully saturated rings. The molecule has 0 unspecified atom stereocenters. The van der Waals surface area contributed by atoms with Crippen molar-refractivity contribution in [1.29, 1.82) is 0 Å². The Morgan fingerprint density at radius 3 is 2.67 bits per heavy atom. The number of hydrogen-bond acceptors (Lipinski definition) is 1. The van der Waals surface area contributed by atoms with E-state index in [2.05, 4.69) is 23.7 Å². The van der Waals surface area contributed by atoms with Gasteiger partial charge in [-0.1, -0.05) is 36.9 Å². The van der Waals surface area contributed by atoms with Gasteiger partial charge < -0.3 is 9.88 Å². The molecule has 2 heterocycles. The summed E-state index contributed by atoms with van der Waals surface area (Å²) in [6.07, 6.45) is 7.62. The number of carbonyl (C=O) groups is 1. The van der Waals surface area contributed by atoms with E-state index in [-0.39, 0.29) is 11.4 Å². The summed E-state index contributed by atoms with van der Waals surface area (Å²) in [6, 6.07) is 7.66. The SMILES string of the molecule is CC1(C)CC2(CCCCC2)CN1C(=O)c1cc2ccc(Cl)cc2[nH]1. The lowest BCUT2D eigenvalue weighted by molar-refractivity contribution is 0.0633. The lowest BCUT2D eigenvalue weighted by Crippen LogP contribution is -2.43. The molecular formula is C20H25ClN2O. The molecule has 1 aliphatic heterocycles. The number of likely N-dealkylation sites (tertiary alicyclic amines) is 1. The Hall–Kier alpha value is -1.48. The third-order valence-corrected chi connectivity index (χ3v) is 6.24. The minimum atomic E-state index is -0.0800. The van der Waals surface area contributed by atoms with E-state index in [4.69, 9.17) is 11.6 Å². The van der Waals surface area contributed by atoms with E-state index in [0.717, 1.165) is 23.9 Å². The van der Waals surface area contributed by atoms with E-state index in [1.807, 2.05) is 24.3 Å². The molecule has 0 atom stereocenters. The normalized spacial score (nSPS) is 22.4. The highest BCUT2D eigenvalue weighted by Crippen LogP contribution is 2.50. The van der Waals surface area contributed by atoms with Gasteiger partial charge in [-0.05, 0) is 56.7 Å². The third kappa shape index (κ3) is 2.63. The maximum atomic E-state index is 13.2. The van der Waals surface area contributed by atoms with Crippen molar-refractivity contribution in [1.82, 2.24) is 9.88 Å². The van der Waals surface area contributed by atoms with Gasteiger partial charge >= 0.3 is 0 Å². The molecule has 1 amide bonds. The van der Waals surface area contributed by atoms with Crippen LogP contribution >= 0.6 is 11.6 Å². The number of amides is 1. The van der Waals surface area contributed by atoms with Crippen molar-refractivity contribution in [3.05, 3.63) is 35.0 Å². The van der Waals surface area contributed by atoms with Crippen molar-refractivity contribution < 1.29 is 4.79 Å². The molecule has 1 aliphatic carbocycles. The molecule has 1 saturated heterocycles. The molecule has 4 rings (SSSR count). The van der Waals surface area contributed by atoms with Gasteiger partial charge in [-0.15, -0.1) is 0 Å². The molecule has 128 valence electrons. The molecule has 24 heavy (non-hydrogen) atoms. The molecule has 1 spiro atoms. The van der Waals surface area contributed by atoms with Crippen LogP contribution in [0.4, 0.5) is 0 Å². The molecule has 0 radical (unpaired) electrons. The van der Waals surface area contributed by atoms with Crippen molar-refractivity contribution in [2.75, 3.05) is 6.54 Å². The van der Waals surface area contributed by atoms with E-state index in [1.54, 1.807) is 0 Å². The standard InChI is InChI=1S/C20H25ClN2O/c1-19(2)12-20(8-4-3-5-9-20)13-23(19)18(24)17-10-14-6-7-15(21)11-16(14)22-17/h6-7,10-11,22H,3-5,8-9,12-13H2,1-2H3. The minimum Gasteiger partial charge on any atom is -0.350 e. The number of halogens is 1. The largest absolute Gasteiger partial charge is 0.350 e. The Labute approximate surface area is 148 Å². The predicted molar refractivity (Wildman–Crippen MR) is 98.6 cm³/mol. The molecule has 1 aromatic heterocycles. The van der Waals surface area contributed by atoms with Gasteiger partial charge in [0, 0.05) is 28.0 Å². The Kier molecular flexibility index (Phi) is 3.68. The number of hydrogen-bond donors (Lipinski definition) is 1. The fraction of sp³-hybridized carbons (Fsp3) is 0.550. The summed E-state index contributed by atoms with van der Waals surface area (Å²) in [4.78, 5) is 18.6. The summed E-state index contributed by atoms with van der Waals surface area (Å²) in [7, 11) is 0. The van der Waals surface area contributed by atoms with E-state index in [0.29, 0.717) is 16.1 Å². The molecule has 1 aromatic carbocycles. The summed E-state index contributed by atoms with van der Waals surface area (Å²) >= 11 is 6.06. The lowest BCUT2D eigenvalue weighted by Gasteiger charge is -2.33. The van der Waals surface area contributed by atoms with Crippen LogP contribution in [0, 0.1) is 5.41 Å². The molecular weight excluding hydrogens is 320 g/mol. The second kappa shape index (κ2) is 5.52. The molecule has 0 bridgehead atoms. The van der Waals surface area contributed by atoms with E-state index < -0.39 is 0 Å². The van der Waals surface area contributed by atoms with Crippen LogP contribution in [0.25, 0.3) is 10.9 Å². The summed E-state index contributed by atoms with van der Waals surface area (Å²) in [6.45, 7) is 5.33. The Morgan fingerprint density at radius 1 is 1.17 bits per heavy atom. The van der Waals surface area contributed by atoms with E-state index in [9.17, 15) is 4.79 Å². The van der Waals surface area contributed by atoms with Crippen LogP contribution in [0.3, 0.4) is 0 Å². The number of nitrogens with one attached hydrogen (secondary N) is 1. The highest BCUT2D eigenvalue weighted by Gasteiger charge is 2.50. The van der Waals surface area contributed by atoms with Crippen molar-refractivity contribution in [3.8, 4) is 0 Å². The third-order valence-electron chi connectivity index (χ3n) is 6.01. The number of H-pyrrole nitrogens is 1. The Bertz CT molecular complexity index is 786. The fourth-order valence-corrected chi connectivity index (χ4v) is 5.13. The summed E-state index contributed by atoms with van der Waals surface area (Å²) in [5.41, 5.74) is 1.86. The Morgan fingerprint density at radius 2 is 1.92 bits per heavy atom. The number of fused-ring (bicyclic) bond motifs is 1. The quantitative estimate of drug-likeness (QED) is 0.739. The van der Waals surface area contributed by atoms with E-state index >= 15 is 0 Å². The molecule has 2 aromatic rings. The molecule has 2 aliphatic rings. The predicted octanol–water partition coefficient (Wildman–Crippen LogP) is 5.40. The maximum absolute atomic E-state index is 13.2. The molecule has 3 nitrogen and oxygen atoms in total. The number of nitrogens with zero attached hydrogens (tertiary/aromatic N) is 1. The van der Waals surface area contributed by atoms with Gasteiger partial charge in [0.25, 0.3) is 5.91 Å². The van der Waals surface area contributed by atoms with Gasteiger partial charge in [-0.2, -0.15) is 0 Å². The second-order valence-electron chi connectivity index (χ2n) is 8.36. The topological polar surface area (TPSA) is 36.1 Å². The first-order valence-corrected chi connectivity index (χ1v) is 9.37. The highest BCUT2D eigenvalue weighted by atomic mass is 35.5. The van der Waals surface area contributed by atoms with Crippen LogP contribution in [-0.2, 0) is 0 Å². The summed E-state index contributed by atoms with van der Waals surface area (Å²) in [5.74, 6) is 0.120. The summed E-state index contributed by atoms with van der Waals surface area (Å²) < 4.78 is 0. The fourth-order valence-electron chi connectivity index (χ4n) is 4.96. The van der Waals surface area contributed by atoms with Crippen molar-refractivity contribution in [3.63, 3.8) is 0 Å². The smallest absolute Gasteiger partial charge is 0.270 e. The van der Waals surface area contributed by atoms with E-state index in [1.165, 1.54) is 32.1 Å². The number of aromatic amines is 1. The number of carbonyl (C=O) groups excluding carboxylic acids is 1. The second-order valence-corrected chi connectivity index (χ2v) is 8.79. The first-order valence-electron chi connectivity index (χ1n) is 8.99. The zero-order chi connectivity index (χ0) is 16.9. The van der Waals surface area contributed by atoms with Crippen LogP contribution in [-0.4, -0.2) is 27.9 Å². The van der Waals surface area contributed by atoms with Crippen LogP contribution in [0.5, 0.6) is 0 Å².